The number of nitrogens with one attached hydrogen (secondary N) is 1. The summed E-state index contributed by atoms with van der Waals surface area (Å²) in [4.78, 5) is 18.3. The van der Waals surface area contributed by atoms with E-state index >= 15 is 0 Å². The fourth-order valence-electron chi connectivity index (χ4n) is 2.57. The minimum absolute atomic E-state index is 0.0219. The highest BCUT2D eigenvalue weighted by Crippen LogP contribution is 2.24. The summed E-state index contributed by atoms with van der Waals surface area (Å²) in [6, 6.07) is 1.57. The maximum Gasteiger partial charge on any atom is 0.233 e. The zero-order chi connectivity index (χ0) is 18.6. The molecule has 0 atom stereocenters. The van der Waals surface area contributed by atoms with E-state index in [2.05, 4.69) is 38.9 Å². The number of amides is 1. The van der Waals surface area contributed by atoms with Crippen molar-refractivity contribution in [2.75, 3.05) is 13.1 Å². The summed E-state index contributed by atoms with van der Waals surface area (Å²) in [5, 5.41) is 1.53. The van der Waals surface area contributed by atoms with E-state index in [1.807, 2.05) is 0 Å². The average molecular weight is 518 g/mol. The first-order chi connectivity index (χ1) is 11.7. The van der Waals surface area contributed by atoms with E-state index in [0.29, 0.717) is 43.8 Å². The highest BCUT2D eigenvalue weighted by molar-refractivity contribution is 14.1. The molecule has 1 amide bonds. The fraction of sp³-hybridized carbons (Fsp3) is 0.467. The van der Waals surface area contributed by atoms with Crippen LogP contribution in [0.15, 0.2) is 18.1 Å². The van der Waals surface area contributed by atoms with Crippen molar-refractivity contribution in [2.24, 2.45) is 0 Å². The van der Waals surface area contributed by atoms with Crippen molar-refractivity contribution in [2.45, 2.75) is 31.7 Å². The van der Waals surface area contributed by atoms with Crippen molar-refractivity contribution in [3.63, 3.8) is 0 Å². The Morgan fingerprint density at radius 2 is 2.08 bits per heavy atom. The van der Waals surface area contributed by atoms with Crippen LogP contribution in [0, 0.1) is 3.57 Å². The van der Waals surface area contributed by atoms with Gasteiger partial charge in [-0.2, -0.15) is 0 Å². The van der Waals surface area contributed by atoms with Gasteiger partial charge < -0.3 is 4.90 Å². The van der Waals surface area contributed by atoms with Gasteiger partial charge in [0.15, 0.2) is 0 Å². The highest BCUT2D eigenvalue weighted by Gasteiger charge is 2.25. The Kier molecular flexibility index (Phi) is 7.51. The second kappa shape index (κ2) is 8.98. The number of hydrogen-bond donors (Lipinski definition) is 1. The van der Waals surface area contributed by atoms with Crippen molar-refractivity contribution in [1.82, 2.24) is 14.6 Å². The second-order valence-corrected chi connectivity index (χ2v) is 9.26. The number of halogens is 3. The van der Waals surface area contributed by atoms with Gasteiger partial charge in [-0.3, -0.25) is 4.79 Å². The quantitative estimate of drug-likeness (QED) is 0.464. The predicted molar refractivity (Wildman–Crippen MR) is 107 cm³/mol. The first kappa shape index (κ1) is 20.9. The molecule has 1 aromatic heterocycles. The molecule has 0 radical (unpaired) electrons. The number of sulfonamides is 1. The maximum absolute atomic E-state index is 12.4. The van der Waals surface area contributed by atoms with E-state index in [1.54, 1.807) is 11.0 Å². The summed E-state index contributed by atoms with van der Waals surface area (Å²) >= 11 is 14.0. The van der Waals surface area contributed by atoms with Crippen LogP contribution in [-0.2, 0) is 21.2 Å². The van der Waals surface area contributed by atoms with Crippen LogP contribution in [-0.4, -0.2) is 43.3 Å². The van der Waals surface area contributed by atoms with Crippen LogP contribution in [0.1, 0.15) is 25.0 Å². The number of carbonyl (C=O) groups is 1. The molecule has 0 spiro atoms. The minimum atomic E-state index is -3.44. The molecule has 10 heteroatoms. The molecule has 0 bridgehead atoms. The molecule has 1 aromatic rings. The average Bonchev–Trinajstić information content (AvgIpc) is 2.57. The number of carbonyl (C=O) groups excluding carboxylic acids is 1. The van der Waals surface area contributed by atoms with E-state index in [0.717, 1.165) is 14.7 Å². The molecule has 25 heavy (non-hydrogen) atoms. The predicted octanol–water partition coefficient (Wildman–Crippen LogP) is 2.98. The molecule has 1 saturated heterocycles. The first-order valence-corrected chi connectivity index (χ1v) is 11.0. The minimum Gasteiger partial charge on any atom is -0.343 e. The van der Waals surface area contributed by atoms with E-state index in [9.17, 15) is 13.2 Å². The van der Waals surface area contributed by atoms with Crippen LogP contribution in [0.25, 0.3) is 0 Å². The molecule has 138 valence electrons. The molecule has 0 saturated carbocycles. The Bertz CT molecular complexity index is 766. The molecule has 2 rings (SSSR count). The van der Waals surface area contributed by atoms with E-state index < -0.39 is 10.0 Å². The van der Waals surface area contributed by atoms with E-state index in [1.165, 1.54) is 0 Å². The van der Waals surface area contributed by atoms with Gasteiger partial charge in [-0.1, -0.05) is 29.8 Å². The van der Waals surface area contributed by atoms with Gasteiger partial charge in [0.1, 0.15) is 5.15 Å². The van der Waals surface area contributed by atoms with Crippen LogP contribution in [0.3, 0.4) is 0 Å². The van der Waals surface area contributed by atoms with Crippen LogP contribution in [0.5, 0.6) is 0 Å². The van der Waals surface area contributed by atoms with Gasteiger partial charge in [0.05, 0.1) is 10.7 Å². The molecule has 1 N–H and O–H groups in total. The smallest absolute Gasteiger partial charge is 0.233 e. The Morgan fingerprint density at radius 3 is 2.68 bits per heavy atom. The lowest BCUT2D eigenvalue weighted by Gasteiger charge is -2.32. The summed E-state index contributed by atoms with van der Waals surface area (Å²) in [5.74, 6) is 0.0219. The van der Waals surface area contributed by atoms with Crippen LogP contribution < -0.4 is 4.72 Å². The highest BCUT2D eigenvalue weighted by atomic mass is 127. The number of aromatic nitrogens is 1. The van der Waals surface area contributed by atoms with Crippen LogP contribution in [0.4, 0.5) is 0 Å². The molecule has 0 aromatic carbocycles. The van der Waals surface area contributed by atoms with Crippen molar-refractivity contribution >= 4 is 61.7 Å². The lowest BCUT2D eigenvalue weighted by atomic mass is 10.1. The summed E-state index contributed by atoms with van der Waals surface area (Å²) < 4.78 is 26.4. The van der Waals surface area contributed by atoms with Gasteiger partial charge in [-0.15, -0.1) is 0 Å². The lowest BCUT2D eigenvalue weighted by molar-refractivity contribution is -0.132. The summed E-state index contributed by atoms with van der Waals surface area (Å²) in [6.45, 7) is 4.32. The number of pyridine rings is 1. The Labute approximate surface area is 171 Å². The second-order valence-electron chi connectivity index (χ2n) is 5.67. The lowest BCUT2D eigenvalue weighted by Crippen LogP contribution is -2.46. The topological polar surface area (TPSA) is 79.4 Å². The van der Waals surface area contributed by atoms with Crippen molar-refractivity contribution < 1.29 is 13.2 Å². The fourth-order valence-corrected chi connectivity index (χ4v) is 4.56. The summed E-state index contributed by atoms with van der Waals surface area (Å²) in [6.07, 6.45) is 1.98. The third-order valence-electron chi connectivity index (χ3n) is 3.93. The Hall–Kier alpha value is -0.420. The molecule has 1 aliphatic rings. The molecule has 6 nitrogen and oxygen atoms in total. The van der Waals surface area contributed by atoms with Crippen molar-refractivity contribution in [1.29, 1.82) is 0 Å². The first-order valence-electron chi connectivity index (χ1n) is 7.65. The van der Waals surface area contributed by atoms with Gasteiger partial charge >= 0.3 is 0 Å². The van der Waals surface area contributed by atoms with Crippen LogP contribution >= 0.6 is 45.8 Å². The number of aryl methyl sites for hydroxylation is 1. The molecule has 1 fully saturated rings. The van der Waals surface area contributed by atoms with Gasteiger partial charge in [0.2, 0.25) is 15.9 Å². The Balaban J connectivity index is 1.85. The van der Waals surface area contributed by atoms with Crippen LogP contribution in [0.2, 0.25) is 10.2 Å². The SMILES string of the molecule is C=CS(=O)(=O)NC1CCN(C(=O)CCc2nc(Cl)c(Cl)cc2I)CC1. The summed E-state index contributed by atoms with van der Waals surface area (Å²) in [5.41, 5.74) is 0.747. The maximum atomic E-state index is 12.4. The van der Waals surface area contributed by atoms with E-state index in [4.69, 9.17) is 23.2 Å². The van der Waals surface area contributed by atoms with Gasteiger partial charge in [0.25, 0.3) is 0 Å². The monoisotopic (exact) mass is 517 g/mol. The van der Waals surface area contributed by atoms with E-state index in [-0.39, 0.29) is 17.1 Å². The normalized spacial score (nSPS) is 16.0. The molecular weight excluding hydrogens is 500 g/mol. The molecular formula is C15H18Cl2IN3O3S. The zero-order valence-corrected chi connectivity index (χ0v) is 17.8. The largest absolute Gasteiger partial charge is 0.343 e. The number of likely N-dealkylation sites (tertiary alicyclic amines) is 1. The molecule has 0 aliphatic carbocycles. The third-order valence-corrected chi connectivity index (χ3v) is 6.64. The summed E-state index contributed by atoms with van der Waals surface area (Å²) in [7, 11) is -3.44. The third kappa shape index (κ3) is 6.06. The Morgan fingerprint density at radius 1 is 1.44 bits per heavy atom. The zero-order valence-electron chi connectivity index (χ0n) is 13.3. The molecule has 2 heterocycles. The van der Waals surface area contributed by atoms with Gasteiger partial charge in [-0.05, 0) is 47.9 Å². The molecule has 0 unspecified atom stereocenters. The van der Waals surface area contributed by atoms with Gasteiger partial charge in [0, 0.05) is 34.5 Å². The van der Waals surface area contributed by atoms with Crippen molar-refractivity contribution in [3.8, 4) is 0 Å². The number of rotatable bonds is 6. The number of hydrogen-bond acceptors (Lipinski definition) is 4. The number of nitrogens with zero attached hydrogens (tertiary/aromatic N) is 2. The van der Waals surface area contributed by atoms with Crippen molar-refractivity contribution in [3.05, 3.63) is 37.5 Å². The standard InChI is InChI=1S/C15H18Cl2IN3O3S/c1-2-25(23,24)20-10-5-7-21(8-6-10)14(22)4-3-13-12(18)9-11(16)15(17)19-13/h2,9-10,20H,1,3-8H2. The molecule has 1 aliphatic heterocycles. The van der Waals surface area contributed by atoms with Gasteiger partial charge in [-0.25, -0.2) is 18.1 Å². The number of piperidine rings is 1.